The van der Waals surface area contributed by atoms with E-state index in [2.05, 4.69) is 37.4 Å². The summed E-state index contributed by atoms with van der Waals surface area (Å²) in [6, 6.07) is 8.51. The molecule has 1 aromatic rings. The van der Waals surface area contributed by atoms with Gasteiger partial charge in [-0.3, -0.25) is 0 Å². The Kier molecular flexibility index (Phi) is 3.20. The normalized spacial score (nSPS) is 30.1. The second-order valence-electron chi connectivity index (χ2n) is 5.00. The molecule has 2 nitrogen and oxygen atoms in total. The molecule has 1 aliphatic rings. The minimum absolute atomic E-state index is 0.278. The molecule has 0 spiro atoms. The number of rotatable bonds is 2. The topological polar surface area (TPSA) is 21.3 Å². The summed E-state index contributed by atoms with van der Waals surface area (Å²) in [5.41, 5.74) is 1.68. The zero-order valence-electron chi connectivity index (χ0n) is 10.4. The van der Waals surface area contributed by atoms with Crippen molar-refractivity contribution < 1.29 is 4.74 Å². The highest BCUT2D eigenvalue weighted by molar-refractivity contribution is 5.34. The average Bonchev–Trinajstić information content (AvgIpc) is 2.33. The Morgan fingerprint density at radius 3 is 2.94 bits per heavy atom. The fourth-order valence-corrected chi connectivity index (χ4v) is 2.55. The smallest absolute Gasteiger partial charge is 0.119 e. The largest absolute Gasteiger partial charge is 0.497 e. The van der Waals surface area contributed by atoms with Crippen molar-refractivity contribution >= 4 is 0 Å². The van der Waals surface area contributed by atoms with E-state index in [-0.39, 0.29) is 5.41 Å². The van der Waals surface area contributed by atoms with E-state index in [1.54, 1.807) is 7.11 Å². The molecule has 1 heterocycles. The summed E-state index contributed by atoms with van der Waals surface area (Å²) in [6.07, 6.45) is 1.20. The molecular formula is C14H21NO. The van der Waals surface area contributed by atoms with Gasteiger partial charge in [-0.2, -0.15) is 0 Å². The van der Waals surface area contributed by atoms with Crippen LogP contribution in [-0.4, -0.2) is 20.2 Å². The monoisotopic (exact) mass is 219 g/mol. The maximum absolute atomic E-state index is 5.31. The Labute approximate surface area is 98.0 Å². The molecule has 16 heavy (non-hydrogen) atoms. The van der Waals surface area contributed by atoms with Gasteiger partial charge in [-0.25, -0.2) is 0 Å². The standard InChI is InChI=1S/C14H21NO/c1-11-10-15-8-7-14(11,2)12-5-4-6-13(9-12)16-3/h4-6,9,11,15H,7-8,10H2,1-3H3/t11-,14+/m0/s1. The molecule has 0 radical (unpaired) electrons. The van der Waals surface area contributed by atoms with Gasteiger partial charge in [0.2, 0.25) is 0 Å². The van der Waals surface area contributed by atoms with Crippen LogP contribution < -0.4 is 10.1 Å². The zero-order valence-corrected chi connectivity index (χ0v) is 10.4. The minimum Gasteiger partial charge on any atom is -0.497 e. The van der Waals surface area contributed by atoms with Crippen molar-refractivity contribution in [3.8, 4) is 5.75 Å². The van der Waals surface area contributed by atoms with Gasteiger partial charge in [0.25, 0.3) is 0 Å². The Balaban J connectivity index is 2.33. The van der Waals surface area contributed by atoms with Gasteiger partial charge in [0.15, 0.2) is 0 Å². The van der Waals surface area contributed by atoms with Crippen molar-refractivity contribution in [1.29, 1.82) is 0 Å². The SMILES string of the molecule is COc1cccc([C@]2(C)CCNC[C@@H]2C)c1. The lowest BCUT2D eigenvalue weighted by Crippen LogP contribution is -2.44. The molecule has 1 aliphatic heterocycles. The Bertz CT molecular complexity index is 364. The van der Waals surface area contributed by atoms with E-state index in [9.17, 15) is 0 Å². The summed E-state index contributed by atoms with van der Waals surface area (Å²) in [5.74, 6) is 1.62. The highest BCUT2D eigenvalue weighted by Crippen LogP contribution is 2.38. The quantitative estimate of drug-likeness (QED) is 0.825. The first kappa shape index (κ1) is 11.5. The van der Waals surface area contributed by atoms with Crippen LogP contribution in [-0.2, 0) is 5.41 Å². The Hall–Kier alpha value is -1.02. The van der Waals surface area contributed by atoms with Crippen LogP contribution >= 0.6 is 0 Å². The lowest BCUT2D eigenvalue weighted by atomic mass is 9.68. The number of benzene rings is 1. The molecule has 0 aromatic heterocycles. The van der Waals surface area contributed by atoms with Gasteiger partial charge < -0.3 is 10.1 Å². The van der Waals surface area contributed by atoms with Crippen molar-refractivity contribution in [2.24, 2.45) is 5.92 Å². The van der Waals surface area contributed by atoms with Gasteiger partial charge in [-0.15, -0.1) is 0 Å². The first-order valence-electron chi connectivity index (χ1n) is 6.02. The van der Waals surface area contributed by atoms with E-state index in [4.69, 9.17) is 4.74 Å². The second kappa shape index (κ2) is 4.46. The molecule has 1 N–H and O–H groups in total. The van der Waals surface area contributed by atoms with E-state index in [1.807, 2.05) is 6.07 Å². The molecule has 1 fully saturated rings. The molecule has 0 saturated carbocycles. The van der Waals surface area contributed by atoms with Crippen molar-refractivity contribution in [2.45, 2.75) is 25.7 Å². The van der Waals surface area contributed by atoms with Crippen LogP contribution in [0.4, 0.5) is 0 Å². The van der Waals surface area contributed by atoms with Gasteiger partial charge in [0.05, 0.1) is 7.11 Å². The summed E-state index contributed by atoms with van der Waals surface area (Å²) in [5, 5.41) is 3.46. The van der Waals surface area contributed by atoms with Gasteiger partial charge in [0.1, 0.15) is 5.75 Å². The summed E-state index contributed by atoms with van der Waals surface area (Å²) in [7, 11) is 1.73. The van der Waals surface area contributed by atoms with Crippen molar-refractivity contribution in [1.82, 2.24) is 5.32 Å². The van der Waals surface area contributed by atoms with Crippen molar-refractivity contribution in [3.05, 3.63) is 29.8 Å². The molecule has 1 aromatic carbocycles. The number of methoxy groups -OCH3 is 1. The van der Waals surface area contributed by atoms with Crippen molar-refractivity contribution in [2.75, 3.05) is 20.2 Å². The van der Waals surface area contributed by atoms with E-state index in [0.29, 0.717) is 5.92 Å². The minimum atomic E-state index is 0.278. The molecule has 2 rings (SSSR count). The average molecular weight is 219 g/mol. The second-order valence-corrected chi connectivity index (χ2v) is 5.00. The molecule has 0 unspecified atom stereocenters. The molecule has 0 amide bonds. The lowest BCUT2D eigenvalue weighted by Gasteiger charge is -2.40. The molecule has 0 aliphatic carbocycles. The highest BCUT2D eigenvalue weighted by Gasteiger charge is 2.35. The van der Waals surface area contributed by atoms with Crippen LogP contribution in [0.2, 0.25) is 0 Å². The summed E-state index contributed by atoms with van der Waals surface area (Å²) >= 11 is 0. The van der Waals surface area contributed by atoms with Crippen LogP contribution in [0.15, 0.2) is 24.3 Å². The first-order valence-corrected chi connectivity index (χ1v) is 6.02. The van der Waals surface area contributed by atoms with Gasteiger partial charge in [-0.05, 0) is 48.5 Å². The third-order valence-corrected chi connectivity index (χ3v) is 4.09. The van der Waals surface area contributed by atoms with Crippen LogP contribution in [0.25, 0.3) is 0 Å². The molecule has 2 heteroatoms. The fraction of sp³-hybridized carbons (Fsp3) is 0.571. The Morgan fingerprint density at radius 2 is 2.25 bits per heavy atom. The van der Waals surface area contributed by atoms with Crippen LogP contribution in [0.3, 0.4) is 0 Å². The fourth-order valence-electron chi connectivity index (χ4n) is 2.55. The van der Waals surface area contributed by atoms with Crippen LogP contribution in [0, 0.1) is 5.92 Å². The maximum atomic E-state index is 5.31. The van der Waals surface area contributed by atoms with Crippen LogP contribution in [0.5, 0.6) is 5.75 Å². The number of hydrogen-bond acceptors (Lipinski definition) is 2. The van der Waals surface area contributed by atoms with Crippen molar-refractivity contribution in [3.63, 3.8) is 0 Å². The number of ether oxygens (including phenoxy) is 1. The molecule has 0 bridgehead atoms. The highest BCUT2D eigenvalue weighted by atomic mass is 16.5. The number of piperidine rings is 1. The lowest BCUT2D eigenvalue weighted by molar-refractivity contribution is 0.237. The summed E-state index contributed by atoms with van der Waals surface area (Å²) in [6.45, 7) is 6.91. The molecule has 2 atom stereocenters. The molecule has 88 valence electrons. The molecule has 1 saturated heterocycles. The third-order valence-electron chi connectivity index (χ3n) is 4.09. The summed E-state index contributed by atoms with van der Waals surface area (Å²) < 4.78 is 5.31. The third kappa shape index (κ3) is 1.94. The van der Waals surface area contributed by atoms with Gasteiger partial charge >= 0.3 is 0 Å². The summed E-state index contributed by atoms with van der Waals surface area (Å²) in [4.78, 5) is 0. The first-order chi connectivity index (χ1) is 7.66. The maximum Gasteiger partial charge on any atom is 0.119 e. The number of nitrogens with one attached hydrogen (secondary N) is 1. The van der Waals surface area contributed by atoms with E-state index in [0.717, 1.165) is 18.8 Å². The Morgan fingerprint density at radius 1 is 1.44 bits per heavy atom. The van der Waals surface area contributed by atoms with E-state index in [1.165, 1.54) is 12.0 Å². The zero-order chi connectivity index (χ0) is 11.6. The predicted octanol–water partition coefficient (Wildman–Crippen LogP) is 2.58. The molecular weight excluding hydrogens is 198 g/mol. The van der Waals surface area contributed by atoms with Gasteiger partial charge in [0, 0.05) is 0 Å². The van der Waals surface area contributed by atoms with Gasteiger partial charge in [-0.1, -0.05) is 26.0 Å². The number of hydrogen-bond donors (Lipinski definition) is 1. The predicted molar refractivity (Wildman–Crippen MR) is 67.0 cm³/mol. The van der Waals surface area contributed by atoms with E-state index >= 15 is 0 Å². The van der Waals surface area contributed by atoms with E-state index < -0.39 is 0 Å². The van der Waals surface area contributed by atoms with Crippen LogP contribution in [0.1, 0.15) is 25.8 Å².